The summed E-state index contributed by atoms with van der Waals surface area (Å²) in [6.07, 6.45) is -0.696. The molecule has 1 aliphatic rings. The van der Waals surface area contributed by atoms with Crippen molar-refractivity contribution in [3.8, 4) is 0 Å². The summed E-state index contributed by atoms with van der Waals surface area (Å²) in [7, 11) is 0. The van der Waals surface area contributed by atoms with Crippen LogP contribution < -0.4 is 0 Å². The molecule has 1 aromatic carbocycles. The van der Waals surface area contributed by atoms with Gasteiger partial charge in [0.25, 0.3) is 5.91 Å². The molecule has 1 amide bonds. The van der Waals surface area contributed by atoms with Crippen LogP contribution >= 0.6 is 15.9 Å². The van der Waals surface area contributed by atoms with Gasteiger partial charge in [-0.15, -0.1) is 0 Å². The third kappa shape index (κ3) is 2.79. The Morgan fingerprint density at radius 2 is 2.11 bits per heavy atom. The van der Waals surface area contributed by atoms with Crippen molar-refractivity contribution in [2.45, 2.75) is 25.5 Å². The molecule has 0 unspecified atom stereocenters. The molecule has 0 aromatic heterocycles. The maximum absolute atomic E-state index is 12.3. The highest BCUT2D eigenvalue weighted by atomic mass is 79.9. The smallest absolute Gasteiger partial charge is 0.326 e. The zero-order valence-electron chi connectivity index (χ0n) is 10.3. The first-order chi connectivity index (χ1) is 8.90. The molecule has 1 aromatic rings. The van der Waals surface area contributed by atoms with E-state index in [1.165, 1.54) is 4.90 Å². The Bertz CT molecular complexity index is 531. The zero-order chi connectivity index (χ0) is 14.2. The van der Waals surface area contributed by atoms with Crippen molar-refractivity contribution in [2.75, 3.05) is 6.54 Å². The minimum Gasteiger partial charge on any atom is -0.480 e. The van der Waals surface area contributed by atoms with Crippen LogP contribution in [0.4, 0.5) is 0 Å². The first-order valence-electron chi connectivity index (χ1n) is 5.88. The van der Waals surface area contributed by atoms with Crippen LogP contribution in [0.25, 0.3) is 0 Å². The first-order valence-corrected chi connectivity index (χ1v) is 6.67. The zero-order valence-corrected chi connectivity index (χ0v) is 11.9. The van der Waals surface area contributed by atoms with Gasteiger partial charge in [0.05, 0.1) is 6.10 Å². The molecule has 5 nitrogen and oxygen atoms in total. The Morgan fingerprint density at radius 3 is 2.68 bits per heavy atom. The van der Waals surface area contributed by atoms with E-state index in [0.29, 0.717) is 5.56 Å². The first kappa shape index (κ1) is 14.0. The minimum absolute atomic E-state index is 0.0604. The number of halogens is 1. The molecule has 2 N–H and O–H groups in total. The number of rotatable bonds is 2. The van der Waals surface area contributed by atoms with Crippen molar-refractivity contribution in [1.29, 1.82) is 0 Å². The van der Waals surface area contributed by atoms with E-state index in [4.69, 9.17) is 5.11 Å². The maximum atomic E-state index is 12.3. The highest BCUT2D eigenvalue weighted by Crippen LogP contribution is 2.23. The van der Waals surface area contributed by atoms with Gasteiger partial charge < -0.3 is 15.1 Å². The maximum Gasteiger partial charge on any atom is 0.326 e. The largest absolute Gasteiger partial charge is 0.480 e. The number of amides is 1. The highest BCUT2D eigenvalue weighted by Gasteiger charge is 2.39. The molecular weight excluding hydrogens is 314 g/mol. The number of aliphatic carboxylic acids is 1. The molecule has 2 rings (SSSR count). The van der Waals surface area contributed by atoms with E-state index in [1.807, 2.05) is 6.92 Å². The molecule has 0 radical (unpaired) electrons. The average Bonchev–Trinajstić information content (AvgIpc) is 2.74. The summed E-state index contributed by atoms with van der Waals surface area (Å²) in [5.74, 6) is -1.45. The van der Waals surface area contributed by atoms with Gasteiger partial charge in [-0.05, 0) is 30.7 Å². The number of aliphatic hydroxyl groups excluding tert-OH is 1. The lowest BCUT2D eigenvalue weighted by molar-refractivity contribution is -0.141. The van der Waals surface area contributed by atoms with Gasteiger partial charge in [-0.1, -0.05) is 15.9 Å². The van der Waals surface area contributed by atoms with Crippen molar-refractivity contribution in [2.24, 2.45) is 0 Å². The van der Waals surface area contributed by atoms with Crippen LogP contribution in [-0.4, -0.2) is 45.7 Å². The van der Waals surface area contributed by atoms with Gasteiger partial charge in [-0.3, -0.25) is 4.79 Å². The number of benzene rings is 1. The van der Waals surface area contributed by atoms with Gasteiger partial charge in [0, 0.05) is 23.0 Å². The lowest BCUT2D eigenvalue weighted by Crippen LogP contribution is -2.40. The predicted molar refractivity (Wildman–Crippen MR) is 72.0 cm³/mol. The summed E-state index contributed by atoms with van der Waals surface area (Å²) in [4.78, 5) is 24.6. The van der Waals surface area contributed by atoms with Gasteiger partial charge in [0.1, 0.15) is 6.04 Å². The predicted octanol–water partition coefficient (Wildman–Crippen LogP) is 1.42. The highest BCUT2D eigenvalue weighted by molar-refractivity contribution is 9.10. The molecule has 0 saturated carbocycles. The van der Waals surface area contributed by atoms with Crippen molar-refractivity contribution in [1.82, 2.24) is 4.90 Å². The van der Waals surface area contributed by atoms with Crippen LogP contribution in [-0.2, 0) is 4.79 Å². The van der Waals surface area contributed by atoms with E-state index in [0.717, 1.165) is 10.0 Å². The minimum atomic E-state index is -1.08. The SMILES string of the molecule is Cc1cc(C(=O)N2C[C@H](O)C[C@H]2C(=O)O)ccc1Br. The molecule has 6 heteroatoms. The van der Waals surface area contributed by atoms with Crippen LogP contribution in [0.2, 0.25) is 0 Å². The summed E-state index contributed by atoms with van der Waals surface area (Å²) in [5.41, 5.74) is 1.33. The van der Waals surface area contributed by atoms with E-state index in [9.17, 15) is 14.7 Å². The monoisotopic (exact) mass is 327 g/mol. The molecule has 1 heterocycles. The normalized spacial score (nSPS) is 22.6. The Kier molecular flexibility index (Phi) is 3.91. The Balaban J connectivity index is 2.27. The number of β-amino-alcohol motifs (C(OH)–C–C–N with tert-alkyl or cyclic N) is 1. The van der Waals surface area contributed by atoms with Gasteiger partial charge in [0.2, 0.25) is 0 Å². The average molecular weight is 328 g/mol. The second-order valence-corrected chi connectivity index (χ2v) is 5.52. The molecule has 1 aliphatic heterocycles. The van der Waals surface area contributed by atoms with E-state index < -0.39 is 18.1 Å². The van der Waals surface area contributed by atoms with Crippen LogP contribution in [0.5, 0.6) is 0 Å². The topological polar surface area (TPSA) is 77.8 Å². The second kappa shape index (κ2) is 5.30. The lowest BCUT2D eigenvalue weighted by Gasteiger charge is -2.21. The van der Waals surface area contributed by atoms with Crippen LogP contribution in [0.1, 0.15) is 22.3 Å². The molecule has 0 spiro atoms. The molecular formula is C13H14BrNO4. The number of carboxylic acids is 1. The molecule has 1 saturated heterocycles. The quantitative estimate of drug-likeness (QED) is 0.861. The fraction of sp³-hybridized carbons (Fsp3) is 0.385. The Labute approximate surface area is 119 Å². The molecule has 102 valence electrons. The van der Waals surface area contributed by atoms with Gasteiger partial charge in [-0.2, -0.15) is 0 Å². The Hall–Kier alpha value is -1.40. The van der Waals surface area contributed by atoms with E-state index in [2.05, 4.69) is 15.9 Å². The summed E-state index contributed by atoms with van der Waals surface area (Å²) in [6.45, 7) is 1.92. The number of aryl methyl sites for hydroxylation is 1. The summed E-state index contributed by atoms with van der Waals surface area (Å²) in [6, 6.07) is 4.15. The standard InChI is InChI=1S/C13H14BrNO4/c1-7-4-8(2-3-10(7)14)12(17)15-6-9(16)5-11(15)13(18)19/h2-4,9,11,16H,5-6H2,1H3,(H,18,19)/t9-,11+/m1/s1. The van der Waals surface area contributed by atoms with Gasteiger partial charge >= 0.3 is 5.97 Å². The number of carboxylic acid groups (broad SMARTS) is 1. The van der Waals surface area contributed by atoms with Crippen LogP contribution in [0, 0.1) is 6.92 Å². The van der Waals surface area contributed by atoms with E-state index in [1.54, 1.807) is 18.2 Å². The van der Waals surface area contributed by atoms with Gasteiger partial charge in [0.15, 0.2) is 0 Å². The summed E-state index contributed by atoms with van der Waals surface area (Å²) < 4.78 is 0.889. The Morgan fingerprint density at radius 1 is 1.42 bits per heavy atom. The third-order valence-corrected chi connectivity index (χ3v) is 4.12. The number of hydrogen-bond donors (Lipinski definition) is 2. The van der Waals surface area contributed by atoms with Crippen molar-refractivity contribution in [3.63, 3.8) is 0 Å². The van der Waals surface area contributed by atoms with E-state index in [-0.39, 0.29) is 18.9 Å². The molecule has 2 atom stereocenters. The van der Waals surface area contributed by atoms with Crippen LogP contribution in [0.3, 0.4) is 0 Å². The second-order valence-electron chi connectivity index (χ2n) is 4.67. The molecule has 19 heavy (non-hydrogen) atoms. The summed E-state index contributed by atoms with van der Waals surface area (Å²) >= 11 is 3.35. The van der Waals surface area contributed by atoms with Crippen molar-refractivity contribution < 1.29 is 19.8 Å². The number of carbonyl (C=O) groups is 2. The molecule has 0 bridgehead atoms. The number of nitrogens with zero attached hydrogens (tertiary/aromatic N) is 1. The van der Waals surface area contributed by atoms with Crippen LogP contribution in [0.15, 0.2) is 22.7 Å². The fourth-order valence-corrected chi connectivity index (χ4v) is 2.46. The molecule has 1 fully saturated rings. The number of likely N-dealkylation sites (tertiary alicyclic amines) is 1. The van der Waals surface area contributed by atoms with Crippen molar-refractivity contribution >= 4 is 27.8 Å². The fourth-order valence-electron chi connectivity index (χ4n) is 2.22. The number of hydrogen-bond acceptors (Lipinski definition) is 3. The number of carbonyl (C=O) groups excluding carboxylic acids is 1. The third-order valence-electron chi connectivity index (χ3n) is 3.23. The molecule has 0 aliphatic carbocycles. The van der Waals surface area contributed by atoms with E-state index >= 15 is 0 Å². The summed E-state index contributed by atoms with van der Waals surface area (Å²) in [5, 5.41) is 18.6. The lowest BCUT2D eigenvalue weighted by atomic mass is 10.1. The van der Waals surface area contributed by atoms with Crippen molar-refractivity contribution in [3.05, 3.63) is 33.8 Å². The number of aliphatic hydroxyl groups is 1. The van der Waals surface area contributed by atoms with Gasteiger partial charge in [-0.25, -0.2) is 4.79 Å².